The summed E-state index contributed by atoms with van der Waals surface area (Å²) in [6.45, 7) is 2.16. The lowest BCUT2D eigenvalue weighted by Gasteiger charge is -2.09. The fourth-order valence-corrected chi connectivity index (χ4v) is 2.69. The van der Waals surface area contributed by atoms with Crippen molar-refractivity contribution in [1.82, 2.24) is 10.9 Å². The van der Waals surface area contributed by atoms with Crippen LogP contribution in [-0.4, -0.2) is 18.9 Å². The zero-order chi connectivity index (χ0) is 16.4. The molecule has 2 amide bonds. The van der Waals surface area contributed by atoms with Crippen LogP contribution in [0.3, 0.4) is 0 Å². The molecular formula is C16H23IN2O3. The maximum Gasteiger partial charge on any atom is 0.269 e. The molecule has 0 fully saturated rings. The molecule has 1 aromatic rings. The summed E-state index contributed by atoms with van der Waals surface area (Å²) in [7, 11) is 1.58. The standard InChI is InChI=1S/C16H23IN2O3/c1-3-4-5-6-7-8-15(20)18-19-16(21)12-9-10-14(22-2)13(17)11-12/h9-11H,3-8H2,1-2H3,(H,18,20)(H,19,21). The highest BCUT2D eigenvalue weighted by Gasteiger charge is 2.09. The van der Waals surface area contributed by atoms with E-state index in [9.17, 15) is 9.59 Å². The molecule has 0 aliphatic rings. The second-order valence-electron chi connectivity index (χ2n) is 5.02. The average Bonchev–Trinajstić information content (AvgIpc) is 2.52. The van der Waals surface area contributed by atoms with Gasteiger partial charge in [-0.3, -0.25) is 20.4 Å². The Bertz CT molecular complexity index is 506. The number of hydrazine groups is 1. The highest BCUT2D eigenvalue weighted by molar-refractivity contribution is 14.1. The number of carbonyl (C=O) groups is 2. The number of unbranched alkanes of at least 4 members (excludes halogenated alkanes) is 4. The van der Waals surface area contributed by atoms with Crippen molar-refractivity contribution in [2.24, 2.45) is 0 Å². The predicted octanol–water partition coefficient (Wildman–Crippen LogP) is 3.42. The number of halogens is 1. The molecule has 5 nitrogen and oxygen atoms in total. The van der Waals surface area contributed by atoms with Gasteiger partial charge in [0.05, 0.1) is 10.7 Å². The van der Waals surface area contributed by atoms with Gasteiger partial charge in [-0.15, -0.1) is 0 Å². The van der Waals surface area contributed by atoms with Gasteiger partial charge in [-0.1, -0.05) is 32.6 Å². The van der Waals surface area contributed by atoms with Crippen LogP contribution >= 0.6 is 22.6 Å². The minimum Gasteiger partial charge on any atom is -0.496 e. The summed E-state index contributed by atoms with van der Waals surface area (Å²) in [5.41, 5.74) is 5.36. The van der Waals surface area contributed by atoms with E-state index < -0.39 is 0 Å². The van der Waals surface area contributed by atoms with Gasteiger partial charge >= 0.3 is 0 Å². The maximum absolute atomic E-state index is 11.9. The van der Waals surface area contributed by atoms with E-state index in [1.807, 2.05) is 0 Å². The zero-order valence-corrected chi connectivity index (χ0v) is 15.2. The number of hydrogen-bond acceptors (Lipinski definition) is 3. The second-order valence-corrected chi connectivity index (χ2v) is 6.18. The molecule has 0 aromatic heterocycles. The molecule has 0 radical (unpaired) electrons. The van der Waals surface area contributed by atoms with E-state index in [0.29, 0.717) is 17.7 Å². The SMILES string of the molecule is CCCCCCCC(=O)NNC(=O)c1ccc(OC)c(I)c1. The summed E-state index contributed by atoms with van der Waals surface area (Å²) in [6, 6.07) is 5.10. The van der Waals surface area contributed by atoms with E-state index >= 15 is 0 Å². The number of benzene rings is 1. The van der Waals surface area contributed by atoms with Crippen molar-refractivity contribution in [2.75, 3.05) is 7.11 Å². The Morgan fingerprint density at radius 2 is 1.86 bits per heavy atom. The van der Waals surface area contributed by atoms with Crippen LogP contribution < -0.4 is 15.6 Å². The molecule has 0 aliphatic heterocycles. The molecule has 0 saturated heterocycles. The Kier molecular flexibility index (Phi) is 8.88. The van der Waals surface area contributed by atoms with Gasteiger partial charge < -0.3 is 4.74 Å². The molecule has 0 atom stereocenters. The summed E-state index contributed by atoms with van der Waals surface area (Å²) >= 11 is 2.10. The van der Waals surface area contributed by atoms with Crippen LogP contribution in [0.5, 0.6) is 5.75 Å². The third-order valence-electron chi connectivity index (χ3n) is 3.24. The molecule has 0 aliphatic carbocycles. The quantitative estimate of drug-likeness (QED) is 0.386. The van der Waals surface area contributed by atoms with E-state index in [1.54, 1.807) is 25.3 Å². The molecule has 2 N–H and O–H groups in total. The summed E-state index contributed by atoms with van der Waals surface area (Å²) in [6.07, 6.45) is 5.87. The molecule has 1 rings (SSSR count). The van der Waals surface area contributed by atoms with Crippen LogP contribution in [0, 0.1) is 3.57 Å². The number of methoxy groups -OCH3 is 1. The monoisotopic (exact) mass is 418 g/mol. The third kappa shape index (κ3) is 6.64. The molecule has 1 aromatic carbocycles. The van der Waals surface area contributed by atoms with Crippen molar-refractivity contribution >= 4 is 34.4 Å². The molecule has 0 bridgehead atoms. The second kappa shape index (κ2) is 10.4. The molecule has 0 spiro atoms. The van der Waals surface area contributed by atoms with Crippen LogP contribution in [-0.2, 0) is 4.79 Å². The number of rotatable bonds is 8. The fourth-order valence-electron chi connectivity index (χ4n) is 1.96. The highest BCUT2D eigenvalue weighted by Crippen LogP contribution is 2.21. The lowest BCUT2D eigenvalue weighted by Crippen LogP contribution is -2.41. The Morgan fingerprint density at radius 3 is 2.50 bits per heavy atom. The smallest absolute Gasteiger partial charge is 0.269 e. The van der Waals surface area contributed by atoms with Gasteiger partial charge in [-0.05, 0) is 47.2 Å². The maximum atomic E-state index is 11.9. The van der Waals surface area contributed by atoms with Crippen molar-refractivity contribution in [1.29, 1.82) is 0 Å². The largest absolute Gasteiger partial charge is 0.496 e. The van der Waals surface area contributed by atoms with Crippen LogP contribution in [0.25, 0.3) is 0 Å². The Hall–Kier alpha value is -1.31. The molecule has 6 heteroatoms. The normalized spacial score (nSPS) is 10.1. The molecule has 0 saturated carbocycles. The van der Waals surface area contributed by atoms with E-state index in [0.717, 1.165) is 22.8 Å². The Morgan fingerprint density at radius 1 is 1.14 bits per heavy atom. The van der Waals surface area contributed by atoms with Gasteiger partial charge in [-0.2, -0.15) is 0 Å². The van der Waals surface area contributed by atoms with E-state index in [-0.39, 0.29) is 11.8 Å². The van der Waals surface area contributed by atoms with Gasteiger partial charge in [-0.25, -0.2) is 0 Å². The first-order chi connectivity index (χ1) is 10.6. The van der Waals surface area contributed by atoms with Gasteiger partial charge in [0.1, 0.15) is 5.75 Å². The first-order valence-corrected chi connectivity index (χ1v) is 8.59. The Balaban J connectivity index is 2.33. The first kappa shape index (κ1) is 18.7. The van der Waals surface area contributed by atoms with Gasteiger partial charge in [0.15, 0.2) is 0 Å². The fraction of sp³-hybridized carbons (Fsp3) is 0.500. The van der Waals surface area contributed by atoms with Crippen molar-refractivity contribution in [3.8, 4) is 5.75 Å². The van der Waals surface area contributed by atoms with Crippen LogP contribution in [0.2, 0.25) is 0 Å². The number of hydrogen-bond donors (Lipinski definition) is 2. The summed E-state index contributed by atoms with van der Waals surface area (Å²) in [5, 5.41) is 0. The number of carbonyl (C=O) groups excluding carboxylic acids is 2. The van der Waals surface area contributed by atoms with Crippen LogP contribution in [0.4, 0.5) is 0 Å². The van der Waals surface area contributed by atoms with Crippen LogP contribution in [0.15, 0.2) is 18.2 Å². The number of ether oxygens (including phenoxy) is 1. The third-order valence-corrected chi connectivity index (χ3v) is 4.08. The predicted molar refractivity (Wildman–Crippen MR) is 94.7 cm³/mol. The lowest BCUT2D eigenvalue weighted by molar-refractivity contribution is -0.122. The summed E-state index contributed by atoms with van der Waals surface area (Å²) < 4.78 is 5.98. The van der Waals surface area contributed by atoms with Crippen molar-refractivity contribution in [3.05, 3.63) is 27.3 Å². The number of nitrogens with one attached hydrogen (secondary N) is 2. The lowest BCUT2D eigenvalue weighted by atomic mass is 10.1. The molecule has 0 heterocycles. The van der Waals surface area contributed by atoms with Crippen molar-refractivity contribution in [3.63, 3.8) is 0 Å². The minimum atomic E-state index is -0.333. The van der Waals surface area contributed by atoms with Crippen LogP contribution in [0.1, 0.15) is 55.8 Å². The highest BCUT2D eigenvalue weighted by atomic mass is 127. The first-order valence-electron chi connectivity index (χ1n) is 7.51. The van der Waals surface area contributed by atoms with Crippen molar-refractivity contribution < 1.29 is 14.3 Å². The van der Waals surface area contributed by atoms with Crippen molar-refractivity contribution in [2.45, 2.75) is 45.4 Å². The molecule has 22 heavy (non-hydrogen) atoms. The minimum absolute atomic E-state index is 0.159. The number of amides is 2. The van der Waals surface area contributed by atoms with E-state index in [1.165, 1.54) is 12.8 Å². The van der Waals surface area contributed by atoms with E-state index in [4.69, 9.17) is 4.74 Å². The molecule has 122 valence electrons. The zero-order valence-electron chi connectivity index (χ0n) is 13.1. The van der Waals surface area contributed by atoms with Gasteiger partial charge in [0, 0.05) is 12.0 Å². The molecule has 0 unspecified atom stereocenters. The topological polar surface area (TPSA) is 67.4 Å². The Labute approximate surface area is 145 Å². The van der Waals surface area contributed by atoms with Gasteiger partial charge in [0.2, 0.25) is 5.91 Å². The van der Waals surface area contributed by atoms with E-state index in [2.05, 4.69) is 40.4 Å². The van der Waals surface area contributed by atoms with Gasteiger partial charge in [0.25, 0.3) is 5.91 Å². The average molecular weight is 418 g/mol. The summed E-state index contributed by atoms with van der Waals surface area (Å²) in [4.78, 5) is 23.6. The molecular weight excluding hydrogens is 395 g/mol. The summed E-state index contributed by atoms with van der Waals surface area (Å²) in [5.74, 6) is 0.223.